The van der Waals surface area contributed by atoms with Crippen LogP contribution in [0.15, 0.2) is 66.4 Å². The maximum Gasteiger partial charge on any atom is 0.267 e. The van der Waals surface area contributed by atoms with Crippen LogP contribution in [-0.4, -0.2) is 17.9 Å². The molecule has 2 aromatic carbocycles. The Labute approximate surface area is 155 Å². The summed E-state index contributed by atoms with van der Waals surface area (Å²) >= 11 is 0. The molecule has 0 saturated carbocycles. The van der Waals surface area contributed by atoms with Gasteiger partial charge in [0, 0.05) is 25.5 Å². The summed E-state index contributed by atoms with van der Waals surface area (Å²) in [5.74, 6) is -0.395. The van der Waals surface area contributed by atoms with E-state index in [0.29, 0.717) is 12.2 Å². The van der Waals surface area contributed by atoms with E-state index in [1.165, 1.54) is 5.56 Å². The first-order valence-electron chi connectivity index (χ1n) is 8.88. The van der Waals surface area contributed by atoms with Crippen LogP contribution >= 0.6 is 0 Å². The van der Waals surface area contributed by atoms with Crippen molar-refractivity contribution in [2.75, 3.05) is 12.4 Å². The van der Waals surface area contributed by atoms with Crippen LogP contribution in [0.1, 0.15) is 30.9 Å². The lowest BCUT2D eigenvalue weighted by atomic mass is 10.1. The molecule has 0 fully saturated rings. The molecule has 4 heteroatoms. The van der Waals surface area contributed by atoms with Gasteiger partial charge in [-0.1, -0.05) is 55.8 Å². The summed E-state index contributed by atoms with van der Waals surface area (Å²) in [5, 5.41) is 12.1. The van der Waals surface area contributed by atoms with Gasteiger partial charge in [-0.3, -0.25) is 4.79 Å². The van der Waals surface area contributed by atoms with E-state index >= 15 is 0 Å². The first-order valence-corrected chi connectivity index (χ1v) is 8.88. The maximum absolute atomic E-state index is 12.4. The zero-order chi connectivity index (χ0) is 18.8. The van der Waals surface area contributed by atoms with Gasteiger partial charge in [0.15, 0.2) is 0 Å². The normalized spacial score (nSPS) is 10.9. The molecule has 0 spiro atoms. The molecule has 0 saturated heterocycles. The summed E-state index contributed by atoms with van der Waals surface area (Å²) in [4.78, 5) is 14.2. The van der Waals surface area contributed by atoms with Crippen LogP contribution in [0.3, 0.4) is 0 Å². The van der Waals surface area contributed by atoms with Gasteiger partial charge in [-0.15, -0.1) is 0 Å². The number of amides is 1. The van der Waals surface area contributed by atoms with Crippen LogP contribution in [-0.2, 0) is 17.8 Å². The second kappa shape index (κ2) is 10.0. The number of nitrogens with one attached hydrogen (secondary N) is 1. The molecule has 1 amide bonds. The third-order valence-corrected chi connectivity index (χ3v) is 4.02. The number of nitriles is 1. The lowest BCUT2D eigenvalue weighted by Crippen LogP contribution is -2.18. The molecule has 4 nitrogen and oxygen atoms in total. The summed E-state index contributed by atoms with van der Waals surface area (Å²) < 4.78 is 0. The number of hydrogen-bond donors (Lipinski definition) is 1. The fraction of sp³-hybridized carbons (Fsp3) is 0.273. The lowest BCUT2D eigenvalue weighted by molar-refractivity contribution is -0.112. The molecule has 2 aromatic rings. The number of benzene rings is 2. The molecule has 0 bridgehead atoms. The molecule has 2 rings (SSSR count). The van der Waals surface area contributed by atoms with Crippen LogP contribution in [0, 0.1) is 11.3 Å². The molecule has 0 atom stereocenters. The van der Waals surface area contributed by atoms with E-state index < -0.39 is 5.91 Å². The third kappa shape index (κ3) is 6.10. The van der Waals surface area contributed by atoms with E-state index in [0.717, 1.165) is 24.8 Å². The highest BCUT2D eigenvalue weighted by molar-refractivity contribution is 6.06. The maximum atomic E-state index is 12.4. The monoisotopic (exact) mass is 347 g/mol. The van der Waals surface area contributed by atoms with Gasteiger partial charge in [0.2, 0.25) is 0 Å². The Morgan fingerprint density at radius 3 is 2.42 bits per heavy atom. The summed E-state index contributed by atoms with van der Waals surface area (Å²) in [6.07, 6.45) is 4.93. The van der Waals surface area contributed by atoms with Gasteiger partial charge in [-0.2, -0.15) is 5.26 Å². The van der Waals surface area contributed by atoms with Crippen LogP contribution in [0.5, 0.6) is 0 Å². The molecule has 0 heterocycles. The topological polar surface area (TPSA) is 56.1 Å². The summed E-state index contributed by atoms with van der Waals surface area (Å²) in [7, 11) is 1.85. The Kier molecular flexibility index (Phi) is 7.45. The van der Waals surface area contributed by atoms with Crippen molar-refractivity contribution >= 4 is 11.6 Å². The molecule has 134 valence electrons. The molecule has 0 radical (unpaired) electrons. The minimum Gasteiger partial charge on any atom is -0.375 e. The molecule has 0 aliphatic carbocycles. The van der Waals surface area contributed by atoms with Crippen molar-refractivity contribution in [1.29, 1.82) is 5.26 Å². The van der Waals surface area contributed by atoms with Crippen molar-refractivity contribution in [3.8, 4) is 6.07 Å². The zero-order valence-electron chi connectivity index (χ0n) is 15.4. The Hall–Kier alpha value is -3.06. The average Bonchev–Trinajstić information content (AvgIpc) is 2.66. The number of anilines is 1. The third-order valence-electron chi connectivity index (χ3n) is 4.02. The largest absolute Gasteiger partial charge is 0.375 e. The summed E-state index contributed by atoms with van der Waals surface area (Å²) in [6, 6.07) is 19.7. The Morgan fingerprint density at radius 1 is 1.12 bits per heavy atom. The number of unbranched alkanes of at least 4 members (excludes halogenated alkanes) is 1. The number of carbonyl (C=O) groups is 1. The number of aryl methyl sites for hydroxylation is 1. The van der Waals surface area contributed by atoms with Crippen LogP contribution in [0.4, 0.5) is 5.69 Å². The predicted molar refractivity (Wildman–Crippen MR) is 105 cm³/mol. The van der Waals surface area contributed by atoms with Gasteiger partial charge < -0.3 is 10.2 Å². The van der Waals surface area contributed by atoms with Gasteiger partial charge in [0.05, 0.1) is 0 Å². The van der Waals surface area contributed by atoms with E-state index in [2.05, 4.69) is 12.2 Å². The van der Waals surface area contributed by atoms with Crippen molar-refractivity contribution in [3.63, 3.8) is 0 Å². The molecular weight excluding hydrogens is 322 g/mol. The van der Waals surface area contributed by atoms with Crippen molar-refractivity contribution < 1.29 is 4.79 Å². The first-order chi connectivity index (χ1) is 12.6. The van der Waals surface area contributed by atoms with Crippen LogP contribution < -0.4 is 5.32 Å². The first kappa shape index (κ1) is 19.3. The van der Waals surface area contributed by atoms with E-state index in [1.54, 1.807) is 6.20 Å². The minimum atomic E-state index is -0.395. The molecule has 0 aromatic heterocycles. The quantitative estimate of drug-likeness (QED) is 0.565. The Bertz CT molecular complexity index is 773. The molecule has 1 N–H and O–H groups in total. The summed E-state index contributed by atoms with van der Waals surface area (Å²) in [5.41, 5.74) is 3.15. The number of rotatable bonds is 8. The van der Waals surface area contributed by atoms with Crippen LogP contribution in [0.2, 0.25) is 0 Å². The summed E-state index contributed by atoms with van der Waals surface area (Å²) in [6.45, 7) is 2.80. The van der Waals surface area contributed by atoms with Gasteiger partial charge in [-0.05, 0) is 36.1 Å². The highest BCUT2D eigenvalue weighted by Gasteiger charge is 2.10. The van der Waals surface area contributed by atoms with E-state index in [1.807, 2.05) is 72.6 Å². The van der Waals surface area contributed by atoms with Crippen LogP contribution in [0.25, 0.3) is 0 Å². The van der Waals surface area contributed by atoms with Crippen molar-refractivity contribution in [1.82, 2.24) is 4.90 Å². The van der Waals surface area contributed by atoms with Crippen molar-refractivity contribution in [2.45, 2.75) is 32.7 Å². The average molecular weight is 347 g/mol. The predicted octanol–water partition coefficient (Wildman–Crippen LogP) is 4.51. The van der Waals surface area contributed by atoms with Gasteiger partial charge >= 0.3 is 0 Å². The number of nitrogens with zero attached hydrogens (tertiary/aromatic N) is 2. The number of carbonyl (C=O) groups excluding carboxylic acids is 1. The van der Waals surface area contributed by atoms with E-state index in [4.69, 9.17) is 0 Å². The van der Waals surface area contributed by atoms with E-state index in [-0.39, 0.29) is 5.57 Å². The highest BCUT2D eigenvalue weighted by atomic mass is 16.1. The van der Waals surface area contributed by atoms with Crippen molar-refractivity contribution in [2.24, 2.45) is 0 Å². The second-order valence-electron chi connectivity index (χ2n) is 6.31. The smallest absolute Gasteiger partial charge is 0.267 e. The number of hydrogen-bond acceptors (Lipinski definition) is 3. The second-order valence-corrected chi connectivity index (χ2v) is 6.31. The highest BCUT2D eigenvalue weighted by Crippen LogP contribution is 2.13. The van der Waals surface area contributed by atoms with Gasteiger partial charge in [0.25, 0.3) is 5.91 Å². The molecule has 0 unspecified atom stereocenters. The Morgan fingerprint density at radius 2 is 1.81 bits per heavy atom. The fourth-order valence-electron chi connectivity index (χ4n) is 2.61. The standard InChI is InChI=1S/C22H25N3O/c1-3-4-8-18-11-13-21(14-12-18)24-22(26)20(15-23)17-25(2)16-19-9-6-5-7-10-19/h5-7,9-14,17H,3-4,8,16H2,1-2H3,(H,24,26)/b20-17-. The Balaban J connectivity index is 1.98. The molecule has 26 heavy (non-hydrogen) atoms. The zero-order valence-corrected chi connectivity index (χ0v) is 15.4. The van der Waals surface area contributed by atoms with Crippen molar-refractivity contribution in [3.05, 3.63) is 77.5 Å². The van der Waals surface area contributed by atoms with E-state index in [9.17, 15) is 10.1 Å². The fourth-order valence-corrected chi connectivity index (χ4v) is 2.61. The van der Waals surface area contributed by atoms with Gasteiger partial charge in [0.1, 0.15) is 11.6 Å². The minimum absolute atomic E-state index is 0.0819. The lowest BCUT2D eigenvalue weighted by Gasteiger charge is -2.15. The molecule has 0 aliphatic rings. The van der Waals surface area contributed by atoms with Gasteiger partial charge in [-0.25, -0.2) is 0 Å². The molecular formula is C22H25N3O. The SMILES string of the molecule is CCCCc1ccc(NC(=O)/C(C#N)=C\N(C)Cc2ccccc2)cc1. The molecule has 0 aliphatic heterocycles.